The van der Waals surface area contributed by atoms with Crippen LogP contribution in [-0.2, 0) is 16.0 Å². The Hall–Kier alpha value is -3.74. The average Bonchev–Trinajstić information content (AvgIpc) is 3.37. The standard InChI is InChI=1S/C30H36N2O5/c1-18(2)28-24(30(34)31-3)11-12-32(28)27(33)14-19-7-8-21-15-22(10-9-20(21)13-19)23-16-25(35-4)29(37-6)26(17-23)36-5/h7-10,13,15-18,24,28H,11-12,14H2,1-6H3,(H,31,34). The van der Waals surface area contributed by atoms with Crippen LogP contribution in [0.15, 0.2) is 48.5 Å². The first-order chi connectivity index (χ1) is 17.8. The van der Waals surface area contributed by atoms with Crippen LogP contribution in [0.25, 0.3) is 21.9 Å². The molecule has 0 aliphatic carbocycles. The maximum Gasteiger partial charge on any atom is 0.227 e. The average molecular weight is 505 g/mol. The first kappa shape index (κ1) is 26.3. The van der Waals surface area contributed by atoms with Gasteiger partial charge < -0.3 is 24.4 Å². The normalized spacial score (nSPS) is 17.2. The Morgan fingerprint density at radius 1 is 0.919 bits per heavy atom. The number of carbonyl (C=O) groups is 2. The first-order valence-electron chi connectivity index (χ1n) is 12.6. The van der Waals surface area contributed by atoms with Crippen LogP contribution in [-0.4, -0.2) is 57.7 Å². The summed E-state index contributed by atoms with van der Waals surface area (Å²) in [6.07, 6.45) is 1.02. The topological polar surface area (TPSA) is 77.1 Å². The lowest BCUT2D eigenvalue weighted by Gasteiger charge is -2.31. The number of benzene rings is 3. The number of nitrogens with one attached hydrogen (secondary N) is 1. The van der Waals surface area contributed by atoms with Gasteiger partial charge in [0, 0.05) is 19.6 Å². The minimum Gasteiger partial charge on any atom is -0.493 e. The largest absolute Gasteiger partial charge is 0.493 e. The molecule has 7 heteroatoms. The van der Waals surface area contributed by atoms with E-state index >= 15 is 0 Å². The lowest BCUT2D eigenvalue weighted by molar-refractivity contribution is -0.133. The van der Waals surface area contributed by atoms with Crippen LogP contribution in [0, 0.1) is 11.8 Å². The first-order valence-corrected chi connectivity index (χ1v) is 12.6. The Morgan fingerprint density at radius 2 is 1.57 bits per heavy atom. The van der Waals surface area contributed by atoms with E-state index in [1.807, 2.05) is 23.1 Å². The minimum atomic E-state index is -0.154. The van der Waals surface area contributed by atoms with Crippen LogP contribution >= 0.6 is 0 Å². The van der Waals surface area contributed by atoms with Gasteiger partial charge in [0.25, 0.3) is 0 Å². The summed E-state index contributed by atoms with van der Waals surface area (Å²) in [5.74, 6) is 1.90. The number of hydrogen-bond donors (Lipinski definition) is 1. The molecule has 196 valence electrons. The van der Waals surface area contributed by atoms with E-state index in [2.05, 4.69) is 49.5 Å². The Bertz CT molecular complexity index is 1280. The number of methoxy groups -OCH3 is 3. The van der Waals surface area contributed by atoms with Gasteiger partial charge >= 0.3 is 0 Å². The number of hydrogen-bond acceptors (Lipinski definition) is 5. The Balaban J connectivity index is 1.57. The lowest BCUT2D eigenvalue weighted by Crippen LogP contribution is -2.45. The molecule has 0 spiro atoms. The summed E-state index contributed by atoms with van der Waals surface area (Å²) < 4.78 is 16.5. The van der Waals surface area contributed by atoms with Crippen LogP contribution < -0.4 is 19.5 Å². The van der Waals surface area contributed by atoms with E-state index in [9.17, 15) is 9.59 Å². The number of amides is 2. The molecular weight excluding hydrogens is 468 g/mol. The van der Waals surface area contributed by atoms with E-state index in [4.69, 9.17) is 14.2 Å². The maximum absolute atomic E-state index is 13.3. The summed E-state index contributed by atoms with van der Waals surface area (Å²) in [4.78, 5) is 27.6. The van der Waals surface area contributed by atoms with Crippen molar-refractivity contribution in [3.05, 3.63) is 54.1 Å². The van der Waals surface area contributed by atoms with Gasteiger partial charge in [-0.3, -0.25) is 9.59 Å². The van der Waals surface area contributed by atoms with E-state index in [1.54, 1.807) is 28.4 Å². The molecule has 4 rings (SSSR count). The van der Waals surface area contributed by atoms with Gasteiger partial charge in [-0.1, -0.05) is 44.2 Å². The van der Waals surface area contributed by atoms with Gasteiger partial charge in [-0.15, -0.1) is 0 Å². The second-order valence-corrected chi connectivity index (χ2v) is 9.82. The highest BCUT2D eigenvalue weighted by molar-refractivity contribution is 5.90. The zero-order valence-electron chi connectivity index (χ0n) is 22.5. The molecule has 1 fully saturated rings. The van der Waals surface area contributed by atoms with E-state index in [0.29, 0.717) is 36.6 Å². The molecule has 7 nitrogen and oxygen atoms in total. The second-order valence-electron chi connectivity index (χ2n) is 9.82. The van der Waals surface area contributed by atoms with Gasteiger partial charge in [-0.25, -0.2) is 0 Å². The predicted octanol–water partition coefficient (Wildman–Crippen LogP) is 4.69. The van der Waals surface area contributed by atoms with Crippen LogP contribution in [0.5, 0.6) is 17.2 Å². The van der Waals surface area contributed by atoms with Crippen molar-refractivity contribution in [3.8, 4) is 28.4 Å². The lowest BCUT2D eigenvalue weighted by atomic mass is 9.90. The molecule has 2 unspecified atom stereocenters. The molecule has 2 atom stereocenters. The fourth-order valence-corrected chi connectivity index (χ4v) is 5.51. The van der Waals surface area contributed by atoms with Crippen molar-refractivity contribution >= 4 is 22.6 Å². The Labute approximate surface area is 218 Å². The van der Waals surface area contributed by atoms with Gasteiger partial charge in [-0.05, 0) is 58.0 Å². The van der Waals surface area contributed by atoms with Gasteiger partial charge in [0.1, 0.15) is 0 Å². The molecule has 0 aromatic heterocycles. The van der Waals surface area contributed by atoms with Crippen molar-refractivity contribution in [2.45, 2.75) is 32.7 Å². The number of carbonyl (C=O) groups excluding carboxylic acids is 2. The number of fused-ring (bicyclic) bond motifs is 1. The summed E-state index contributed by atoms with van der Waals surface area (Å²) in [5.41, 5.74) is 2.94. The van der Waals surface area contributed by atoms with Gasteiger partial charge in [-0.2, -0.15) is 0 Å². The minimum absolute atomic E-state index is 0.0163. The van der Waals surface area contributed by atoms with E-state index in [0.717, 1.165) is 27.5 Å². The van der Waals surface area contributed by atoms with Crippen LogP contribution in [0.4, 0.5) is 0 Å². The molecular formula is C30H36N2O5. The summed E-state index contributed by atoms with van der Waals surface area (Å²) in [6.45, 7) is 4.77. The molecule has 1 aliphatic rings. The third-order valence-electron chi connectivity index (χ3n) is 7.30. The highest BCUT2D eigenvalue weighted by atomic mass is 16.5. The smallest absolute Gasteiger partial charge is 0.227 e. The molecule has 0 bridgehead atoms. The van der Waals surface area contributed by atoms with Gasteiger partial charge in [0.2, 0.25) is 17.6 Å². The maximum atomic E-state index is 13.3. The van der Waals surface area contributed by atoms with Crippen molar-refractivity contribution < 1.29 is 23.8 Å². The quantitative estimate of drug-likeness (QED) is 0.482. The zero-order valence-corrected chi connectivity index (χ0v) is 22.5. The molecule has 1 heterocycles. The molecule has 0 radical (unpaired) electrons. The van der Waals surface area contributed by atoms with Crippen LogP contribution in [0.2, 0.25) is 0 Å². The van der Waals surface area contributed by atoms with Crippen molar-refractivity contribution in [2.24, 2.45) is 11.8 Å². The molecule has 3 aromatic carbocycles. The Morgan fingerprint density at radius 3 is 2.16 bits per heavy atom. The van der Waals surface area contributed by atoms with Crippen LogP contribution in [0.1, 0.15) is 25.8 Å². The third-order valence-corrected chi connectivity index (χ3v) is 7.30. The summed E-state index contributed by atoms with van der Waals surface area (Å²) in [7, 11) is 6.46. The molecule has 2 amide bonds. The van der Waals surface area contributed by atoms with Gasteiger partial charge in [0.05, 0.1) is 33.7 Å². The fourth-order valence-electron chi connectivity index (χ4n) is 5.51. The number of ether oxygens (including phenoxy) is 3. The number of likely N-dealkylation sites (tertiary alicyclic amines) is 1. The van der Waals surface area contributed by atoms with E-state index in [1.165, 1.54) is 0 Å². The van der Waals surface area contributed by atoms with Crippen LogP contribution in [0.3, 0.4) is 0 Å². The second kappa shape index (κ2) is 11.1. The zero-order chi connectivity index (χ0) is 26.7. The van der Waals surface area contributed by atoms with Crippen molar-refractivity contribution in [2.75, 3.05) is 34.9 Å². The van der Waals surface area contributed by atoms with Crippen molar-refractivity contribution in [3.63, 3.8) is 0 Å². The monoisotopic (exact) mass is 504 g/mol. The number of rotatable bonds is 8. The third kappa shape index (κ3) is 5.22. The highest BCUT2D eigenvalue weighted by Crippen LogP contribution is 2.41. The molecule has 1 N–H and O–H groups in total. The van der Waals surface area contributed by atoms with Gasteiger partial charge in [0.15, 0.2) is 11.5 Å². The molecule has 1 aliphatic heterocycles. The molecule has 1 saturated heterocycles. The molecule has 0 saturated carbocycles. The molecule has 37 heavy (non-hydrogen) atoms. The highest BCUT2D eigenvalue weighted by Gasteiger charge is 2.42. The summed E-state index contributed by atoms with van der Waals surface area (Å²) >= 11 is 0. The fraction of sp³-hybridized carbons (Fsp3) is 0.400. The predicted molar refractivity (Wildman–Crippen MR) is 145 cm³/mol. The Kier molecular flexibility index (Phi) is 7.91. The SMILES string of the molecule is CNC(=O)C1CCN(C(=O)Cc2ccc3cc(-c4cc(OC)c(OC)c(OC)c4)ccc3c2)C1C(C)C. The summed E-state index contributed by atoms with van der Waals surface area (Å²) in [6, 6.07) is 16.2. The van der Waals surface area contributed by atoms with Crippen molar-refractivity contribution in [1.82, 2.24) is 10.2 Å². The summed E-state index contributed by atoms with van der Waals surface area (Å²) in [5, 5.41) is 4.89. The van der Waals surface area contributed by atoms with E-state index < -0.39 is 0 Å². The molecule has 3 aromatic rings. The van der Waals surface area contributed by atoms with E-state index in [-0.39, 0.29) is 29.7 Å². The van der Waals surface area contributed by atoms with Crippen molar-refractivity contribution in [1.29, 1.82) is 0 Å². The number of nitrogens with zero attached hydrogens (tertiary/aromatic N) is 1.